The van der Waals surface area contributed by atoms with Gasteiger partial charge in [-0.1, -0.05) is 11.3 Å². The summed E-state index contributed by atoms with van der Waals surface area (Å²) in [5, 5.41) is 1.72. The molecule has 0 atom stereocenters. The van der Waals surface area contributed by atoms with Crippen molar-refractivity contribution < 1.29 is 4.79 Å². The van der Waals surface area contributed by atoms with Gasteiger partial charge in [0.2, 0.25) is 0 Å². The maximum Gasteiger partial charge on any atom is 0.304 e. The lowest BCUT2D eigenvalue weighted by atomic mass is 10.3. The van der Waals surface area contributed by atoms with Gasteiger partial charge in [0.1, 0.15) is 0 Å². The van der Waals surface area contributed by atoms with E-state index in [0.29, 0.717) is 4.88 Å². The van der Waals surface area contributed by atoms with E-state index in [4.69, 9.17) is 5.73 Å². The first-order valence-electron chi connectivity index (χ1n) is 3.74. The molecule has 0 aliphatic carbocycles. The zero-order chi connectivity index (χ0) is 10.1. The van der Waals surface area contributed by atoms with Gasteiger partial charge in [-0.25, -0.2) is 0 Å². The number of hydrogen-bond donors (Lipinski definition) is 2. The molecular formula is C8H6N2O2S2. The first-order valence-corrected chi connectivity index (χ1v) is 5.44. The number of primary amides is 1. The quantitative estimate of drug-likeness (QED) is 0.809. The van der Waals surface area contributed by atoms with E-state index in [1.165, 1.54) is 11.3 Å². The molecule has 0 saturated heterocycles. The van der Waals surface area contributed by atoms with Gasteiger partial charge in [0.15, 0.2) is 0 Å². The number of aromatic amines is 1. The number of thiazole rings is 1. The molecule has 0 aliphatic heterocycles. The van der Waals surface area contributed by atoms with Crippen molar-refractivity contribution in [1.29, 1.82) is 0 Å². The van der Waals surface area contributed by atoms with E-state index in [-0.39, 0.29) is 4.87 Å². The third-order valence-corrected chi connectivity index (χ3v) is 3.44. The Kier molecular flexibility index (Phi) is 2.22. The number of carbonyl (C=O) groups excluding carboxylic acids is 1. The zero-order valence-electron chi connectivity index (χ0n) is 6.94. The zero-order valence-corrected chi connectivity index (χ0v) is 8.58. The molecule has 6 heteroatoms. The van der Waals surface area contributed by atoms with E-state index < -0.39 is 5.91 Å². The molecule has 0 saturated carbocycles. The monoisotopic (exact) mass is 226 g/mol. The predicted molar refractivity (Wildman–Crippen MR) is 56.8 cm³/mol. The molecule has 0 aliphatic rings. The van der Waals surface area contributed by atoms with E-state index in [1.807, 2.05) is 0 Å². The SMILES string of the molecule is NC(=O)c1ccc(-c2csc(=O)[nH]2)s1. The topological polar surface area (TPSA) is 76.0 Å². The summed E-state index contributed by atoms with van der Waals surface area (Å²) in [4.78, 5) is 25.6. The second-order valence-electron chi connectivity index (χ2n) is 2.59. The fourth-order valence-corrected chi connectivity index (χ4v) is 2.50. The van der Waals surface area contributed by atoms with E-state index in [9.17, 15) is 9.59 Å². The molecule has 0 aromatic carbocycles. The van der Waals surface area contributed by atoms with Gasteiger partial charge < -0.3 is 10.7 Å². The molecule has 0 bridgehead atoms. The smallest absolute Gasteiger partial charge is 0.304 e. The van der Waals surface area contributed by atoms with Crippen LogP contribution in [0.1, 0.15) is 9.67 Å². The third-order valence-electron chi connectivity index (χ3n) is 1.63. The fraction of sp³-hybridized carbons (Fsp3) is 0. The van der Waals surface area contributed by atoms with Crippen LogP contribution in [0.4, 0.5) is 0 Å². The van der Waals surface area contributed by atoms with Crippen molar-refractivity contribution in [3.63, 3.8) is 0 Å². The number of rotatable bonds is 2. The third kappa shape index (κ3) is 1.61. The Morgan fingerprint density at radius 3 is 2.71 bits per heavy atom. The number of H-pyrrole nitrogens is 1. The van der Waals surface area contributed by atoms with E-state index in [2.05, 4.69) is 4.98 Å². The number of nitrogens with two attached hydrogens (primary N) is 1. The van der Waals surface area contributed by atoms with Crippen molar-refractivity contribution in [3.8, 4) is 10.6 Å². The number of amides is 1. The highest BCUT2D eigenvalue weighted by molar-refractivity contribution is 7.17. The summed E-state index contributed by atoms with van der Waals surface area (Å²) in [5.74, 6) is -0.446. The van der Waals surface area contributed by atoms with Crippen LogP contribution < -0.4 is 10.6 Å². The largest absolute Gasteiger partial charge is 0.365 e. The Labute approximate surface area is 87.0 Å². The van der Waals surface area contributed by atoms with Crippen molar-refractivity contribution in [3.05, 3.63) is 32.1 Å². The summed E-state index contributed by atoms with van der Waals surface area (Å²) in [6.45, 7) is 0. The molecule has 2 heterocycles. The standard InChI is InChI=1S/C8H6N2O2S2/c9-7(11)6-2-1-5(14-6)4-3-13-8(12)10-4/h1-3H,(H2,9,11)(H,10,12). The first kappa shape index (κ1) is 9.17. The van der Waals surface area contributed by atoms with Crippen LogP contribution in [0.5, 0.6) is 0 Å². The van der Waals surface area contributed by atoms with Gasteiger partial charge in [0.05, 0.1) is 15.4 Å². The van der Waals surface area contributed by atoms with E-state index in [0.717, 1.165) is 21.9 Å². The van der Waals surface area contributed by atoms with Crippen LogP contribution in [0.15, 0.2) is 22.3 Å². The first-order chi connectivity index (χ1) is 6.66. The predicted octanol–water partition coefficient (Wildman–Crippen LogP) is 1.26. The van der Waals surface area contributed by atoms with Gasteiger partial charge in [-0.15, -0.1) is 11.3 Å². The molecule has 2 aromatic rings. The van der Waals surface area contributed by atoms with Gasteiger partial charge in [-0.05, 0) is 12.1 Å². The number of aromatic nitrogens is 1. The lowest BCUT2D eigenvalue weighted by Gasteiger charge is -1.87. The molecule has 0 radical (unpaired) electrons. The summed E-state index contributed by atoms with van der Waals surface area (Å²) in [6, 6.07) is 3.42. The van der Waals surface area contributed by atoms with Gasteiger partial charge in [-0.3, -0.25) is 9.59 Å². The average molecular weight is 226 g/mol. The minimum atomic E-state index is -0.446. The van der Waals surface area contributed by atoms with E-state index in [1.54, 1.807) is 17.5 Å². The van der Waals surface area contributed by atoms with Crippen LogP contribution >= 0.6 is 22.7 Å². The minimum Gasteiger partial charge on any atom is -0.365 e. The van der Waals surface area contributed by atoms with Crippen LogP contribution in [0.3, 0.4) is 0 Å². The second-order valence-corrected chi connectivity index (χ2v) is 4.52. The maximum absolute atomic E-state index is 10.9. The maximum atomic E-state index is 10.9. The van der Waals surface area contributed by atoms with Crippen molar-refractivity contribution in [1.82, 2.24) is 4.98 Å². The Morgan fingerprint density at radius 2 is 2.21 bits per heavy atom. The number of hydrogen-bond acceptors (Lipinski definition) is 4. The number of thiophene rings is 1. The molecule has 2 rings (SSSR count). The Balaban J connectivity index is 2.43. The summed E-state index contributed by atoms with van der Waals surface area (Å²) < 4.78 is 0. The van der Waals surface area contributed by atoms with Crippen LogP contribution in [0.25, 0.3) is 10.6 Å². The highest BCUT2D eigenvalue weighted by atomic mass is 32.1. The average Bonchev–Trinajstić information content (AvgIpc) is 2.70. The summed E-state index contributed by atoms with van der Waals surface area (Å²) in [5.41, 5.74) is 5.85. The lowest BCUT2D eigenvalue weighted by Crippen LogP contribution is -2.07. The van der Waals surface area contributed by atoms with Gasteiger partial charge in [0.25, 0.3) is 5.91 Å². The molecule has 3 N–H and O–H groups in total. The molecular weight excluding hydrogens is 220 g/mol. The summed E-state index contributed by atoms with van der Waals surface area (Å²) in [6.07, 6.45) is 0. The summed E-state index contributed by atoms with van der Waals surface area (Å²) >= 11 is 2.37. The molecule has 14 heavy (non-hydrogen) atoms. The van der Waals surface area contributed by atoms with Gasteiger partial charge in [0, 0.05) is 5.38 Å². The van der Waals surface area contributed by atoms with E-state index >= 15 is 0 Å². The Bertz CT molecular complexity index is 523. The molecule has 4 nitrogen and oxygen atoms in total. The fourth-order valence-electron chi connectivity index (χ4n) is 1.02. The van der Waals surface area contributed by atoms with Crippen LogP contribution in [0.2, 0.25) is 0 Å². The van der Waals surface area contributed by atoms with Crippen molar-refractivity contribution in [2.75, 3.05) is 0 Å². The molecule has 72 valence electrons. The number of nitrogens with one attached hydrogen (secondary N) is 1. The van der Waals surface area contributed by atoms with Crippen LogP contribution in [-0.2, 0) is 0 Å². The Hall–Kier alpha value is -1.40. The number of carbonyl (C=O) groups is 1. The molecule has 0 fully saturated rings. The Morgan fingerprint density at radius 1 is 1.43 bits per heavy atom. The molecule has 1 amide bonds. The van der Waals surface area contributed by atoms with Crippen molar-refractivity contribution in [2.45, 2.75) is 0 Å². The highest BCUT2D eigenvalue weighted by Gasteiger charge is 2.07. The van der Waals surface area contributed by atoms with Gasteiger partial charge >= 0.3 is 4.87 Å². The molecule has 0 spiro atoms. The van der Waals surface area contributed by atoms with Crippen molar-refractivity contribution in [2.24, 2.45) is 5.73 Å². The van der Waals surface area contributed by atoms with Gasteiger partial charge in [-0.2, -0.15) is 0 Å². The minimum absolute atomic E-state index is 0.103. The normalized spacial score (nSPS) is 10.3. The second kappa shape index (κ2) is 3.39. The molecule has 2 aromatic heterocycles. The molecule has 0 unspecified atom stereocenters. The highest BCUT2D eigenvalue weighted by Crippen LogP contribution is 2.26. The van der Waals surface area contributed by atoms with Crippen molar-refractivity contribution >= 4 is 28.6 Å². The lowest BCUT2D eigenvalue weighted by molar-refractivity contribution is 0.100. The van der Waals surface area contributed by atoms with Crippen LogP contribution in [0, 0.1) is 0 Å². The van der Waals surface area contributed by atoms with Crippen LogP contribution in [-0.4, -0.2) is 10.9 Å². The summed E-state index contributed by atoms with van der Waals surface area (Å²) in [7, 11) is 0.